The van der Waals surface area contributed by atoms with Crippen LogP contribution in [0.25, 0.3) is 6.08 Å². The quantitative estimate of drug-likeness (QED) is 0.398. The molecule has 1 aromatic rings. The third-order valence-corrected chi connectivity index (χ3v) is 6.65. The van der Waals surface area contributed by atoms with Gasteiger partial charge in [0.15, 0.2) is 11.5 Å². The standard InChI is InChI=1S/C20H24BrNO3S2/c1-12(2)11-22-19(23)18(27-20(22)26)9-13-8-16(24-3)17(10-15(13)21)25-14-6-4-5-7-14/h8-10,12,14H,4-7,11H2,1-3H3. The molecule has 4 nitrogen and oxygen atoms in total. The van der Waals surface area contributed by atoms with Crippen molar-refractivity contribution in [3.63, 3.8) is 0 Å². The van der Waals surface area contributed by atoms with Crippen LogP contribution in [0.5, 0.6) is 11.5 Å². The van der Waals surface area contributed by atoms with E-state index in [0.29, 0.717) is 27.4 Å². The molecular weight excluding hydrogens is 446 g/mol. The van der Waals surface area contributed by atoms with Crippen LogP contribution in [0.15, 0.2) is 21.5 Å². The zero-order valence-corrected chi connectivity index (χ0v) is 19.0. The smallest absolute Gasteiger partial charge is 0.266 e. The summed E-state index contributed by atoms with van der Waals surface area (Å²) in [5, 5.41) is 0. The molecule has 1 saturated heterocycles. The Balaban J connectivity index is 1.85. The molecule has 0 spiro atoms. The number of amides is 1. The lowest BCUT2D eigenvalue weighted by molar-refractivity contribution is -0.122. The Morgan fingerprint density at radius 3 is 2.67 bits per heavy atom. The highest BCUT2D eigenvalue weighted by Gasteiger charge is 2.32. The topological polar surface area (TPSA) is 38.8 Å². The summed E-state index contributed by atoms with van der Waals surface area (Å²) in [7, 11) is 1.64. The fourth-order valence-electron chi connectivity index (χ4n) is 3.26. The zero-order valence-electron chi connectivity index (χ0n) is 15.8. The lowest BCUT2D eigenvalue weighted by Crippen LogP contribution is -2.31. The van der Waals surface area contributed by atoms with Crippen molar-refractivity contribution < 1.29 is 14.3 Å². The first-order valence-corrected chi connectivity index (χ1v) is 11.2. The molecule has 0 N–H and O–H groups in total. The second kappa shape index (κ2) is 8.97. The predicted molar refractivity (Wildman–Crippen MR) is 118 cm³/mol. The molecule has 3 rings (SSSR count). The van der Waals surface area contributed by atoms with E-state index < -0.39 is 0 Å². The normalized spacial score (nSPS) is 19.6. The summed E-state index contributed by atoms with van der Waals surface area (Å²) in [6.07, 6.45) is 6.71. The van der Waals surface area contributed by atoms with Gasteiger partial charge < -0.3 is 9.47 Å². The van der Waals surface area contributed by atoms with Gasteiger partial charge in [-0.25, -0.2) is 0 Å². The van der Waals surface area contributed by atoms with Gasteiger partial charge in [-0.15, -0.1) is 0 Å². The molecule has 1 amide bonds. The van der Waals surface area contributed by atoms with E-state index in [9.17, 15) is 4.79 Å². The van der Waals surface area contributed by atoms with Crippen molar-refractivity contribution in [1.29, 1.82) is 0 Å². The van der Waals surface area contributed by atoms with Crippen LogP contribution in [0.1, 0.15) is 45.1 Å². The highest BCUT2D eigenvalue weighted by Crippen LogP contribution is 2.39. The number of halogens is 1. The van der Waals surface area contributed by atoms with Gasteiger partial charge in [-0.05, 0) is 55.4 Å². The fourth-order valence-corrected chi connectivity index (χ4v) is 4.97. The number of thiocarbonyl (C=S) groups is 1. The molecule has 0 atom stereocenters. The Labute approximate surface area is 178 Å². The minimum atomic E-state index is -0.0316. The molecule has 1 saturated carbocycles. The average molecular weight is 470 g/mol. The summed E-state index contributed by atoms with van der Waals surface area (Å²) in [4.78, 5) is 15.0. The lowest BCUT2D eigenvalue weighted by Gasteiger charge is -2.17. The summed E-state index contributed by atoms with van der Waals surface area (Å²) < 4.78 is 13.1. The van der Waals surface area contributed by atoms with Gasteiger partial charge in [0, 0.05) is 11.0 Å². The maximum Gasteiger partial charge on any atom is 0.266 e. The first-order chi connectivity index (χ1) is 12.9. The van der Waals surface area contributed by atoms with Crippen molar-refractivity contribution in [2.24, 2.45) is 5.92 Å². The van der Waals surface area contributed by atoms with Gasteiger partial charge in [0.05, 0.1) is 18.1 Å². The molecular formula is C20H24BrNO3S2. The summed E-state index contributed by atoms with van der Waals surface area (Å²) in [6, 6.07) is 3.83. The number of carbonyl (C=O) groups excluding carboxylic acids is 1. The number of hydrogen-bond donors (Lipinski definition) is 0. The average Bonchev–Trinajstić information content (AvgIpc) is 3.21. The molecule has 2 fully saturated rings. The first kappa shape index (κ1) is 20.7. The molecule has 0 radical (unpaired) electrons. The molecule has 2 aliphatic rings. The minimum absolute atomic E-state index is 0.0316. The number of ether oxygens (including phenoxy) is 2. The molecule has 0 unspecified atom stereocenters. The van der Waals surface area contributed by atoms with Crippen LogP contribution in [-0.4, -0.2) is 34.9 Å². The molecule has 146 valence electrons. The third kappa shape index (κ3) is 4.87. The fraction of sp³-hybridized carbons (Fsp3) is 0.500. The van der Waals surface area contributed by atoms with Gasteiger partial charge in [-0.3, -0.25) is 9.69 Å². The van der Waals surface area contributed by atoms with Crippen LogP contribution in [0.2, 0.25) is 0 Å². The van der Waals surface area contributed by atoms with Crippen LogP contribution in [-0.2, 0) is 4.79 Å². The van der Waals surface area contributed by atoms with E-state index in [0.717, 1.165) is 28.6 Å². The van der Waals surface area contributed by atoms with Crippen LogP contribution >= 0.6 is 39.9 Å². The van der Waals surface area contributed by atoms with Crippen molar-refractivity contribution in [1.82, 2.24) is 4.90 Å². The van der Waals surface area contributed by atoms with E-state index >= 15 is 0 Å². The largest absolute Gasteiger partial charge is 0.493 e. The second-order valence-electron chi connectivity index (χ2n) is 7.24. The van der Waals surface area contributed by atoms with E-state index in [4.69, 9.17) is 21.7 Å². The Morgan fingerprint density at radius 1 is 1.33 bits per heavy atom. The number of thioether (sulfide) groups is 1. The molecule has 1 heterocycles. The van der Waals surface area contributed by atoms with Crippen molar-refractivity contribution in [2.45, 2.75) is 45.6 Å². The van der Waals surface area contributed by atoms with Crippen LogP contribution < -0.4 is 9.47 Å². The Bertz CT molecular complexity index is 773. The molecule has 1 aliphatic heterocycles. The van der Waals surface area contributed by atoms with Crippen molar-refractivity contribution in [3.05, 3.63) is 27.1 Å². The summed E-state index contributed by atoms with van der Waals surface area (Å²) in [5.41, 5.74) is 0.871. The van der Waals surface area contributed by atoms with E-state index in [2.05, 4.69) is 29.8 Å². The third-order valence-electron chi connectivity index (χ3n) is 4.59. The number of hydrogen-bond acceptors (Lipinski definition) is 5. The van der Waals surface area contributed by atoms with Gasteiger partial charge in [0.1, 0.15) is 4.32 Å². The van der Waals surface area contributed by atoms with Gasteiger partial charge in [0.2, 0.25) is 0 Å². The maximum absolute atomic E-state index is 12.7. The second-order valence-corrected chi connectivity index (χ2v) is 9.77. The van der Waals surface area contributed by atoms with Gasteiger partial charge >= 0.3 is 0 Å². The summed E-state index contributed by atoms with van der Waals surface area (Å²) in [6.45, 7) is 4.79. The molecule has 27 heavy (non-hydrogen) atoms. The van der Waals surface area contributed by atoms with Crippen LogP contribution in [0.4, 0.5) is 0 Å². The van der Waals surface area contributed by atoms with E-state index in [1.54, 1.807) is 12.0 Å². The minimum Gasteiger partial charge on any atom is -0.493 e. The number of rotatable bonds is 6. The van der Waals surface area contributed by atoms with Gasteiger partial charge in [0.25, 0.3) is 5.91 Å². The predicted octanol–water partition coefficient (Wildman–Crippen LogP) is 5.64. The van der Waals surface area contributed by atoms with Crippen molar-refractivity contribution >= 4 is 56.2 Å². The van der Waals surface area contributed by atoms with Gasteiger partial charge in [-0.2, -0.15) is 0 Å². The number of nitrogens with zero attached hydrogens (tertiary/aromatic N) is 1. The molecule has 1 aliphatic carbocycles. The van der Waals surface area contributed by atoms with Crippen LogP contribution in [0, 0.1) is 5.92 Å². The first-order valence-electron chi connectivity index (χ1n) is 9.18. The van der Waals surface area contributed by atoms with E-state index in [1.807, 2.05) is 18.2 Å². The van der Waals surface area contributed by atoms with Crippen molar-refractivity contribution in [3.8, 4) is 11.5 Å². The highest BCUT2D eigenvalue weighted by molar-refractivity contribution is 9.10. The SMILES string of the molecule is COc1cc(C=C2SC(=S)N(CC(C)C)C2=O)c(Br)cc1OC1CCCC1. The number of benzene rings is 1. The monoisotopic (exact) mass is 469 g/mol. The molecule has 7 heteroatoms. The van der Waals surface area contributed by atoms with Crippen LogP contribution in [0.3, 0.4) is 0 Å². The van der Waals surface area contributed by atoms with Gasteiger partial charge in [-0.1, -0.05) is 53.8 Å². The lowest BCUT2D eigenvalue weighted by atomic mass is 10.1. The maximum atomic E-state index is 12.7. The Hall–Kier alpha value is -1.05. The van der Waals surface area contributed by atoms with E-state index in [1.165, 1.54) is 24.6 Å². The van der Waals surface area contributed by atoms with E-state index in [-0.39, 0.29) is 12.0 Å². The Kier molecular flexibility index (Phi) is 6.87. The summed E-state index contributed by atoms with van der Waals surface area (Å²) in [5.74, 6) is 1.75. The highest BCUT2D eigenvalue weighted by atomic mass is 79.9. The number of methoxy groups -OCH3 is 1. The zero-order chi connectivity index (χ0) is 19.6. The molecule has 0 aromatic heterocycles. The van der Waals surface area contributed by atoms with Crippen molar-refractivity contribution in [2.75, 3.05) is 13.7 Å². The molecule has 0 bridgehead atoms. The molecule has 1 aromatic carbocycles. The number of carbonyl (C=O) groups is 1. The summed E-state index contributed by atoms with van der Waals surface area (Å²) >= 11 is 10.3. The Morgan fingerprint density at radius 2 is 2.04 bits per heavy atom.